The summed E-state index contributed by atoms with van der Waals surface area (Å²) < 4.78 is 6.16. The largest absolute Gasteiger partial charge is 0.444 e. The molecule has 0 unspecified atom stereocenters. The van der Waals surface area contributed by atoms with Gasteiger partial charge in [-0.2, -0.15) is 0 Å². The lowest BCUT2D eigenvalue weighted by Crippen LogP contribution is -2.50. The zero-order valence-electron chi connectivity index (χ0n) is 14.3. The third kappa shape index (κ3) is 6.11. The molecule has 1 N–H and O–H groups in total. The lowest BCUT2D eigenvalue weighted by molar-refractivity contribution is -0.131. The number of nitrogens with one attached hydrogen (secondary N) is 1. The van der Waals surface area contributed by atoms with Crippen LogP contribution < -0.4 is 5.32 Å². The summed E-state index contributed by atoms with van der Waals surface area (Å²) in [5.41, 5.74) is 0.215. The maximum Gasteiger partial charge on any atom is 0.407 e. The summed E-state index contributed by atoms with van der Waals surface area (Å²) in [7, 11) is 0. The van der Waals surface area contributed by atoms with Crippen LogP contribution in [0.3, 0.4) is 0 Å². The predicted molar refractivity (Wildman–Crippen MR) is 94.6 cm³/mol. The lowest BCUT2D eigenvalue weighted by Gasteiger charge is -2.33. The maximum absolute atomic E-state index is 12.4. The molecule has 0 bridgehead atoms. The Kier molecular flexibility index (Phi) is 6.21. The van der Waals surface area contributed by atoms with Crippen molar-refractivity contribution in [2.75, 3.05) is 13.1 Å². The van der Waals surface area contributed by atoms with E-state index in [0.29, 0.717) is 13.1 Å². The molecule has 2 amide bonds. The molecule has 2 heterocycles. The van der Waals surface area contributed by atoms with Gasteiger partial charge in [-0.1, -0.05) is 0 Å². The zero-order chi connectivity index (χ0) is 17.7. The second-order valence-corrected chi connectivity index (χ2v) is 7.89. The van der Waals surface area contributed by atoms with E-state index in [1.807, 2.05) is 32.9 Å². The van der Waals surface area contributed by atoms with Crippen LogP contribution in [-0.2, 0) is 16.0 Å². The summed E-state index contributed by atoms with van der Waals surface area (Å²) in [6, 6.07) is 3.64. The molecule has 1 aromatic heterocycles. The van der Waals surface area contributed by atoms with Gasteiger partial charge >= 0.3 is 6.09 Å². The minimum Gasteiger partial charge on any atom is -0.444 e. The number of rotatable bonds is 3. The quantitative estimate of drug-likeness (QED) is 0.850. The topological polar surface area (TPSA) is 71.5 Å². The second-order valence-electron chi connectivity index (χ2n) is 6.97. The lowest BCUT2D eigenvalue weighted by atomic mass is 10.1. The third-order valence-corrected chi connectivity index (χ3v) is 4.09. The van der Waals surface area contributed by atoms with Gasteiger partial charge in [-0.05, 0) is 61.7 Å². The molecule has 2 rings (SSSR count). The first-order valence-corrected chi connectivity index (χ1v) is 8.90. The number of piperidine rings is 1. The SMILES string of the molecule is CC(C)(C)OC(=O)N[C@@H]1CCCN(C(=O)Cc2ccc(Br)cn2)C1. The fourth-order valence-corrected chi connectivity index (χ4v) is 2.81. The highest BCUT2D eigenvalue weighted by Gasteiger charge is 2.26. The Morgan fingerprint density at radius 2 is 2.17 bits per heavy atom. The normalized spacial score (nSPS) is 18.2. The minimum absolute atomic E-state index is 0.0283. The van der Waals surface area contributed by atoms with Crippen LogP contribution in [0.25, 0.3) is 0 Å². The molecule has 7 heteroatoms. The van der Waals surface area contributed by atoms with E-state index >= 15 is 0 Å². The summed E-state index contributed by atoms with van der Waals surface area (Å²) >= 11 is 3.33. The highest BCUT2D eigenvalue weighted by molar-refractivity contribution is 9.10. The van der Waals surface area contributed by atoms with Gasteiger partial charge < -0.3 is 15.0 Å². The van der Waals surface area contributed by atoms with Gasteiger partial charge in [0, 0.05) is 35.5 Å². The average Bonchev–Trinajstić information content (AvgIpc) is 2.48. The minimum atomic E-state index is -0.526. The Morgan fingerprint density at radius 1 is 1.42 bits per heavy atom. The Morgan fingerprint density at radius 3 is 2.79 bits per heavy atom. The highest BCUT2D eigenvalue weighted by Crippen LogP contribution is 2.14. The van der Waals surface area contributed by atoms with Gasteiger partial charge in [0.05, 0.1) is 6.42 Å². The molecule has 132 valence electrons. The standard InChI is InChI=1S/C17H24BrN3O3/c1-17(2,3)24-16(23)20-14-5-4-8-21(11-14)15(22)9-13-7-6-12(18)10-19-13/h6-7,10,14H,4-5,8-9,11H2,1-3H3,(H,20,23)/t14-/m1/s1. The molecule has 1 aliphatic heterocycles. The Hall–Kier alpha value is -1.63. The molecule has 0 spiro atoms. The van der Waals surface area contributed by atoms with Gasteiger partial charge in [0.15, 0.2) is 0 Å². The average molecular weight is 398 g/mol. The molecule has 0 aromatic carbocycles. The van der Waals surface area contributed by atoms with Crippen LogP contribution in [0.2, 0.25) is 0 Å². The molecule has 1 saturated heterocycles. The van der Waals surface area contributed by atoms with Crippen molar-refractivity contribution in [3.63, 3.8) is 0 Å². The van der Waals surface area contributed by atoms with E-state index in [4.69, 9.17) is 4.74 Å². The molecule has 6 nitrogen and oxygen atoms in total. The number of aromatic nitrogens is 1. The maximum atomic E-state index is 12.4. The third-order valence-electron chi connectivity index (χ3n) is 3.62. The van der Waals surface area contributed by atoms with E-state index in [1.165, 1.54) is 0 Å². The Balaban J connectivity index is 1.86. The molecule has 1 aromatic rings. The van der Waals surface area contributed by atoms with E-state index < -0.39 is 11.7 Å². The van der Waals surface area contributed by atoms with Crippen molar-refractivity contribution in [3.8, 4) is 0 Å². The number of hydrogen-bond donors (Lipinski definition) is 1. The summed E-state index contributed by atoms with van der Waals surface area (Å²) in [5, 5.41) is 2.85. The predicted octanol–water partition coefficient (Wildman–Crippen LogP) is 2.90. The summed E-state index contributed by atoms with van der Waals surface area (Å²) in [4.78, 5) is 30.3. The van der Waals surface area contributed by atoms with Crippen molar-refractivity contribution in [1.82, 2.24) is 15.2 Å². The number of carbonyl (C=O) groups excluding carboxylic acids is 2. The van der Waals surface area contributed by atoms with Gasteiger partial charge in [-0.25, -0.2) is 4.79 Å². The number of alkyl carbamates (subject to hydrolysis) is 1. The van der Waals surface area contributed by atoms with Gasteiger partial charge in [0.1, 0.15) is 5.60 Å². The van der Waals surface area contributed by atoms with E-state index in [9.17, 15) is 9.59 Å². The molecular weight excluding hydrogens is 374 g/mol. The molecule has 24 heavy (non-hydrogen) atoms. The number of likely N-dealkylation sites (tertiary alicyclic amines) is 1. The number of ether oxygens (including phenoxy) is 1. The van der Waals surface area contributed by atoms with Gasteiger partial charge in [-0.15, -0.1) is 0 Å². The zero-order valence-corrected chi connectivity index (χ0v) is 15.9. The molecule has 1 aliphatic rings. The molecule has 1 fully saturated rings. The van der Waals surface area contributed by atoms with Crippen LogP contribution in [0.15, 0.2) is 22.8 Å². The highest BCUT2D eigenvalue weighted by atomic mass is 79.9. The number of halogens is 1. The molecular formula is C17H24BrN3O3. The van der Waals surface area contributed by atoms with Crippen molar-refractivity contribution in [1.29, 1.82) is 0 Å². The van der Waals surface area contributed by atoms with E-state index in [-0.39, 0.29) is 18.4 Å². The summed E-state index contributed by atoms with van der Waals surface area (Å²) in [6.07, 6.45) is 3.23. The number of pyridine rings is 1. The monoisotopic (exact) mass is 397 g/mol. The van der Waals surface area contributed by atoms with Crippen molar-refractivity contribution >= 4 is 27.9 Å². The fraction of sp³-hybridized carbons (Fsp3) is 0.588. The van der Waals surface area contributed by atoms with Gasteiger partial charge in [-0.3, -0.25) is 9.78 Å². The number of nitrogens with zero attached hydrogens (tertiary/aromatic N) is 2. The van der Waals surface area contributed by atoms with Gasteiger partial charge in [0.2, 0.25) is 5.91 Å². The fourth-order valence-electron chi connectivity index (χ4n) is 2.57. The van der Waals surface area contributed by atoms with E-state index in [1.54, 1.807) is 11.1 Å². The van der Waals surface area contributed by atoms with Crippen LogP contribution in [0.4, 0.5) is 4.79 Å². The first kappa shape index (κ1) is 18.7. The van der Waals surface area contributed by atoms with Crippen molar-refractivity contribution in [2.45, 2.75) is 51.7 Å². The molecule has 0 aliphatic carbocycles. The molecule has 0 radical (unpaired) electrons. The smallest absolute Gasteiger partial charge is 0.407 e. The second kappa shape index (κ2) is 7.96. The van der Waals surface area contributed by atoms with Gasteiger partial charge in [0.25, 0.3) is 0 Å². The number of amides is 2. The van der Waals surface area contributed by atoms with E-state index in [2.05, 4.69) is 26.2 Å². The van der Waals surface area contributed by atoms with Crippen LogP contribution >= 0.6 is 15.9 Å². The molecule has 0 saturated carbocycles. The van der Waals surface area contributed by atoms with Crippen molar-refractivity contribution in [2.24, 2.45) is 0 Å². The van der Waals surface area contributed by atoms with Crippen molar-refractivity contribution in [3.05, 3.63) is 28.5 Å². The Labute approximate surface area is 151 Å². The van der Waals surface area contributed by atoms with E-state index in [0.717, 1.165) is 23.0 Å². The first-order valence-electron chi connectivity index (χ1n) is 8.10. The summed E-state index contributed by atoms with van der Waals surface area (Å²) in [6.45, 7) is 6.70. The summed E-state index contributed by atoms with van der Waals surface area (Å²) in [5.74, 6) is 0.0283. The molecule has 1 atom stereocenters. The number of hydrogen-bond acceptors (Lipinski definition) is 4. The Bertz CT molecular complexity index is 584. The first-order chi connectivity index (χ1) is 11.2. The van der Waals surface area contributed by atoms with Crippen LogP contribution in [0.1, 0.15) is 39.3 Å². The van der Waals surface area contributed by atoms with Crippen LogP contribution in [0, 0.1) is 0 Å². The van der Waals surface area contributed by atoms with Crippen LogP contribution in [-0.4, -0.2) is 46.6 Å². The van der Waals surface area contributed by atoms with Crippen molar-refractivity contribution < 1.29 is 14.3 Å². The van der Waals surface area contributed by atoms with Crippen LogP contribution in [0.5, 0.6) is 0 Å². The number of carbonyl (C=O) groups is 2.